The second-order valence-corrected chi connectivity index (χ2v) is 9.71. The van der Waals surface area contributed by atoms with Gasteiger partial charge >= 0.3 is 11.9 Å². The highest BCUT2D eigenvalue weighted by molar-refractivity contribution is 5.74. The van der Waals surface area contributed by atoms with Crippen LogP contribution in [-0.2, 0) is 19.1 Å². The van der Waals surface area contributed by atoms with Crippen molar-refractivity contribution in [2.24, 2.45) is 23.7 Å². The topological polar surface area (TPSA) is 93.1 Å². The molecule has 4 atom stereocenters. The van der Waals surface area contributed by atoms with Crippen molar-refractivity contribution in [1.29, 1.82) is 0 Å². The Morgan fingerprint density at radius 1 is 0.750 bits per heavy atom. The predicted octanol–water partition coefficient (Wildman–Crippen LogP) is 5.67. The van der Waals surface area contributed by atoms with E-state index >= 15 is 0 Å². The minimum absolute atomic E-state index is 0.218. The smallest absolute Gasteiger partial charge is 0.309 e. The maximum Gasteiger partial charge on any atom is 0.309 e. The molecule has 36 heavy (non-hydrogen) atoms. The van der Waals surface area contributed by atoms with Gasteiger partial charge in [-0.05, 0) is 60.8 Å². The molecule has 6 nitrogen and oxygen atoms in total. The maximum absolute atomic E-state index is 14.0. The fourth-order valence-electron chi connectivity index (χ4n) is 5.03. The number of carbonyl (C=O) groups excluding carboxylic acids is 2. The van der Waals surface area contributed by atoms with Gasteiger partial charge in [0.25, 0.3) is 0 Å². The van der Waals surface area contributed by atoms with Gasteiger partial charge in [-0.2, -0.15) is 0 Å². The van der Waals surface area contributed by atoms with Crippen LogP contribution in [-0.4, -0.2) is 36.4 Å². The van der Waals surface area contributed by atoms with Gasteiger partial charge in [-0.1, -0.05) is 38.1 Å². The monoisotopic (exact) mass is 504 g/mol. The average Bonchev–Trinajstić information content (AvgIpc) is 3.79. The summed E-state index contributed by atoms with van der Waals surface area (Å²) in [6, 6.07) is 9.10. The summed E-state index contributed by atoms with van der Waals surface area (Å²) >= 11 is 0. The molecule has 0 spiro atoms. The molecule has 2 aliphatic carbocycles. The molecule has 0 heterocycles. The fraction of sp³-hybridized carbons (Fsp3) is 0.500. The lowest BCUT2D eigenvalue weighted by molar-refractivity contribution is -0.146. The SMILES string of the molecule is COC(=O)[C@@H](C)[C@H](c1cccc(O)c1F)C1CC1.COC(=O)[C@H](C)[C@H](c1cccc(O)c1F)C1CC1. The summed E-state index contributed by atoms with van der Waals surface area (Å²) < 4.78 is 37.4. The van der Waals surface area contributed by atoms with Gasteiger partial charge in [-0.3, -0.25) is 9.59 Å². The highest BCUT2D eigenvalue weighted by Gasteiger charge is 2.41. The number of rotatable bonds is 8. The number of carbonyl (C=O) groups is 2. The van der Waals surface area contributed by atoms with Crippen molar-refractivity contribution in [2.75, 3.05) is 14.2 Å². The van der Waals surface area contributed by atoms with E-state index in [2.05, 4.69) is 0 Å². The van der Waals surface area contributed by atoms with Crippen molar-refractivity contribution in [3.63, 3.8) is 0 Å². The molecule has 2 N–H and O–H groups in total. The summed E-state index contributed by atoms with van der Waals surface area (Å²) in [7, 11) is 2.67. The molecule has 8 heteroatoms. The van der Waals surface area contributed by atoms with Crippen LogP contribution < -0.4 is 0 Å². The first-order valence-corrected chi connectivity index (χ1v) is 12.2. The van der Waals surface area contributed by atoms with E-state index in [1.54, 1.807) is 38.1 Å². The largest absolute Gasteiger partial charge is 0.505 e. The number of hydrogen-bond acceptors (Lipinski definition) is 6. The highest BCUT2D eigenvalue weighted by atomic mass is 19.1. The predicted molar refractivity (Wildman–Crippen MR) is 129 cm³/mol. The summed E-state index contributed by atoms with van der Waals surface area (Å²) in [6.45, 7) is 3.50. The normalized spacial score (nSPS) is 18.2. The number of methoxy groups -OCH3 is 2. The molecular formula is C28H34F2O6. The molecule has 0 unspecified atom stereocenters. The fourth-order valence-corrected chi connectivity index (χ4v) is 5.03. The van der Waals surface area contributed by atoms with Crippen molar-refractivity contribution >= 4 is 11.9 Å². The molecule has 0 saturated heterocycles. The standard InChI is InChI=1S/2C14H17FO3/c2*1-8(14(17)18-2)12(9-6-7-9)10-4-3-5-11(16)13(10)15/h2*3-5,8-9,12,16H,6-7H2,1-2H3/t8-,12+;8-,12-/m10/s1. The quantitative estimate of drug-likeness (QED) is 0.450. The molecule has 0 amide bonds. The highest BCUT2D eigenvalue weighted by Crippen LogP contribution is 2.49. The second-order valence-electron chi connectivity index (χ2n) is 9.71. The molecule has 2 aromatic rings. The minimum atomic E-state index is -0.620. The molecule has 0 bridgehead atoms. The third-order valence-corrected chi connectivity index (χ3v) is 7.22. The van der Waals surface area contributed by atoms with Crippen LogP contribution in [0, 0.1) is 35.3 Å². The minimum Gasteiger partial charge on any atom is -0.505 e. The van der Waals surface area contributed by atoms with Crippen molar-refractivity contribution in [3.8, 4) is 11.5 Å². The molecule has 0 radical (unpaired) electrons. The Morgan fingerprint density at radius 3 is 1.36 bits per heavy atom. The number of phenolic OH excluding ortho intramolecular Hbond substituents is 2. The van der Waals surface area contributed by atoms with E-state index in [1.165, 1.54) is 26.4 Å². The maximum atomic E-state index is 14.0. The van der Waals surface area contributed by atoms with Gasteiger partial charge in [0.05, 0.1) is 26.1 Å². The molecular weight excluding hydrogens is 470 g/mol. The van der Waals surface area contributed by atoms with Crippen molar-refractivity contribution in [3.05, 3.63) is 59.2 Å². The first-order chi connectivity index (χ1) is 17.1. The number of ether oxygens (including phenoxy) is 2. The Kier molecular flexibility index (Phi) is 8.93. The molecule has 2 saturated carbocycles. The van der Waals surface area contributed by atoms with Gasteiger partial charge in [0, 0.05) is 11.8 Å². The van der Waals surface area contributed by atoms with Crippen LogP contribution in [0.25, 0.3) is 0 Å². The summed E-state index contributed by atoms with van der Waals surface area (Å²) in [6.07, 6.45) is 3.95. The van der Waals surface area contributed by atoms with Gasteiger partial charge in [0.15, 0.2) is 23.1 Å². The molecule has 2 aliphatic rings. The van der Waals surface area contributed by atoms with Crippen LogP contribution in [0.2, 0.25) is 0 Å². The van der Waals surface area contributed by atoms with Crippen molar-refractivity contribution in [1.82, 2.24) is 0 Å². The van der Waals surface area contributed by atoms with Gasteiger partial charge in [-0.15, -0.1) is 0 Å². The summed E-state index contributed by atoms with van der Waals surface area (Å²) in [4.78, 5) is 23.3. The van der Waals surface area contributed by atoms with E-state index in [9.17, 15) is 28.6 Å². The van der Waals surface area contributed by atoms with Gasteiger partial charge < -0.3 is 19.7 Å². The zero-order valence-corrected chi connectivity index (χ0v) is 21.0. The number of benzene rings is 2. The van der Waals surface area contributed by atoms with Gasteiger partial charge in [0.1, 0.15) is 0 Å². The number of hydrogen-bond donors (Lipinski definition) is 2. The first-order valence-electron chi connectivity index (χ1n) is 12.2. The second kappa shape index (κ2) is 11.7. The van der Waals surface area contributed by atoms with Gasteiger partial charge in [0.2, 0.25) is 0 Å². The number of phenols is 2. The zero-order chi connectivity index (χ0) is 26.6. The van der Waals surface area contributed by atoms with Crippen molar-refractivity contribution < 1.29 is 38.1 Å². The Balaban J connectivity index is 0.000000201. The molecule has 2 fully saturated rings. The average molecular weight is 505 g/mol. The van der Waals surface area contributed by atoms with E-state index in [0.29, 0.717) is 23.0 Å². The lowest BCUT2D eigenvalue weighted by Gasteiger charge is -2.23. The Hall–Kier alpha value is -3.16. The molecule has 196 valence electrons. The first kappa shape index (κ1) is 27.4. The van der Waals surface area contributed by atoms with Crippen LogP contribution in [0.4, 0.5) is 8.78 Å². The van der Waals surface area contributed by atoms with Crippen LogP contribution in [0.5, 0.6) is 11.5 Å². The number of esters is 2. The summed E-state index contributed by atoms with van der Waals surface area (Å²) in [5.74, 6) is -3.29. The van der Waals surface area contributed by atoms with E-state index in [1.807, 2.05) is 0 Å². The lowest BCUT2D eigenvalue weighted by Crippen LogP contribution is -2.23. The van der Waals surface area contributed by atoms with Gasteiger partial charge in [-0.25, -0.2) is 8.78 Å². The van der Waals surface area contributed by atoms with E-state index in [0.717, 1.165) is 25.7 Å². The Morgan fingerprint density at radius 2 is 1.08 bits per heavy atom. The summed E-state index contributed by atoms with van der Waals surface area (Å²) in [5, 5.41) is 18.9. The molecule has 0 aliphatic heterocycles. The lowest BCUT2D eigenvalue weighted by atomic mass is 9.83. The van der Waals surface area contributed by atoms with Crippen LogP contribution in [0.15, 0.2) is 36.4 Å². The van der Waals surface area contributed by atoms with E-state index in [-0.39, 0.29) is 35.3 Å². The number of halogens is 2. The summed E-state index contributed by atoms with van der Waals surface area (Å²) in [5.41, 5.74) is 0.825. The van der Waals surface area contributed by atoms with Crippen LogP contribution in [0.1, 0.15) is 62.5 Å². The Bertz CT molecular complexity index is 994. The number of aromatic hydroxyl groups is 2. The van der Waals surface area contributed by atoms with E-state index in [4.69, 9.17) is 9.47 Å². The molecule has 2 aromatic carbocycles. The van der Waals surface area contributed by atoms with Crippen molar-refractivity contribution in [2.45, 2.75) is 51.4 Å². The molecule has 4 rings (SSSR count). The zero-order valence-electron chi connectivity index (χ0n) is 21.0. The van der Waals surface area contributed by atoms with Crippen LogP contribution in [0.3, 0.4) is 0 Å². The third-order valence-electron chi connectivity index (χ3n) is 7.22. The Labute approximate surface area is 210 Å². The molecule has 0 aromatic heterocycles. The third kappa shape index (κ3) is 6.15. The van der Waals surface area contributed by atoms with E-state index < -0.39 is 23.5 Å². The van der Waals surface area contributed by atoms with Crippen LogP contribution >= 0.6 is 0 Å².